The van der Waals surface area contributed by atoms with Gasteiger partial charge < -0.3 is 14.8 Å². The van der Waals surface area contributed by atoms with Gasteiger partial charge in [-0.3, -0.25) is 4.79 Å². The van der Waals surface area contributed by atoms with E-state index in [-0.39, 0.29) is 12.5 Å². The van der Waals surface area contributed by atoms with E-state index in [2.05, 4.69) is 28.2 Å². The fourth-order valence-electron chi connectivity index (χ4n) is 1.87. The fraction of sp³-hybridized carbons (Fsp3) is 0.278. The number of unbranched alkanes of at least 4 members (excludes halogenated alkanes) is 1. The third-order valence-electron chi connectivity index (χ3n) is 3.10. The minimum Gasteiger partial charge on any atom is -0.494 e. The summed E-state index contributed by atoms with van der Waals surface area (Å²) in [5.74, 6) is 1.24. The number of carbonyl (C=O) groups excluding carboxylic acids is 1. The number of carbonyl (C=O) groups is 1. The van der Waals surface area contributed by atoms with E-state index in [4.69, 9.17) is 9.47 Å². The summed E-state index contributed by atoms with van der Waals surface area (Å²) in [5.41, 5.74) is 0.716. The first-order chi connectivity index (χ1) is 11.2. The van der Waals surface area contributed by atoms with E-state index in [0.717, 1.165) is 23.1 Å². The highest BCUT2D eigenvalue weighted by Gasteiger charge is 2.06. The Morgan fingerprint density at radius 3 is 2.52 bits per heavy atom. The van der Waals surface area contributed by atoms with E-state index in [0.29, 0.717) is 18.0 Å². The minimum atomic E-state index is -0.208. The van der Waals surface area contributed by atoms with Crippen LogP contribution in [0.3, 0.4) is 0 Å². The molecule has 0 aliphatic rings. The molecule has 0 fully saturated rings. The summed E-state index contributed by atoms with van der Waals surface area (Å²) in [6.45, 7) is 2.79. The van der Waals surface area contributed by atoms with Crippen molar-refractivity contribution in [1.29, 1.82) is 0 Å². The molecule has 0 aliphatic heterocycles. The third-order valence-corrected chi connectivity index (χ3v) is 3.76. The number of rotatable bonds is 8. The maximum absolute atomic E-state index is 11.9. The van der Waals surface area contributed by atoms with Crippen molar-refractivity contribution in [3.8, 4) is 11.5 Å². The number of halogens is 1. The molecule has 0 radical (unpaired) electrons. The van der Waals surface area contributed by atoms with E-state index < -0.39 is 0 Å². The summed E-state index contributed by atoms with van der Waals surface area (Å²) in [5, 5.41) is 2.79. The van der Waals surface area contributed by atoms with Crippen molar-refractivity contribution in [1.82, 2.24) is 0 Å². The Hall–Kier alpha value is -2.01. The molecule has 0 bridgehead atoms. The Morgan fingerprint density at radius 1 is 1.09 bits per heavy atom. The lowest BCUT2D eigenvalue weighted by atomic mass is 10.3. The molecule has 5 heteroatoms. The van der Waals surface area contributed by atoms with Crippen molar-refractivity contribution < 1.29 is 14.3 Å². The van der Waals surface area contributed by atoms with Crippen LogP contribution in [-0.2, 0) is 4.79 Å². The highest BCUT2D eigenvalue weighted by Crippen LogP contribution is 2.23. The van der Waals surface area contributed by atoms with Crippen molar-refractivity contribution in [2.24, 2.45) is 0 Å². The number of para-hydroxylation sites is 1. The second-order valence-corrected chi connectivity index (χ2v) is 5.85. The second kappa shape index (κ2) is 9.20. The van der Waals surface area contributed by atoms with Crippen LogP contribution >= 0.6 is 15.9 Å². The van der Waals surface area contributed by atoms with Crippen molar-refractivity contribution in [3.05, 3.63) is 53.0 Å². The predicted octanol–water partition coefficient (Wildman–Crippen LogP) is 4.65. The minimum absolute atomic E-state index is 0.0443. The van der Waals surface area contributed by atoms with Gasteiger partial charge in [0.15, 0.2) is 6.61 Å². The number of amides is 1. The monoisotopic (exact) mass is 377 g/mol. The maximum atomic E-state index is 11.9. The number of anilines is 1. The van der Waals surface area contributed by atoms with Crippen LogP contribution in [0.15, 0.2) is 53.0 Å². The van der Waals surface area contributed by atoms with Crippen LogP contribution in [0, 0.1) is 0 Å². The van der Waals surface area contributed by atoms with Crippen molar-refractivity contribution in [3.63, 3.8) is 0 Å². The van der Waals surface area contributed by atoms with Gasteiger partial charge in [0, 0.05) is 5.69 Å². The molecule has 2 rings (SSSR count). The highest BCUT2D eigenvalue weighted by molar-refractivity contribution is 9.10. The first kappa shape index (κ1) is 17.3. The molecule has 4 nitrogen and oxygen atoms in total. The Bertz CT molecular complexity index is 628. The van der Waals surface area contributed by atoms with Crippen LogP contribution < -0.4 is 14.8 Å². The average molecular weight is 378 g/mol. The van der Waals surface area contributed by atoms with E-state index in [1.54, 1.807) is 6.07 Å². The van der Waals surface area contributed by atoms with Crippen LogP contribution in [0.1, 0.15) is 19.8 Å². The molecule has 1 amide bonds. The lowest BCUT2D eigenvalue weighted by molar-refractivity contribution is -0.118. The smallest absolute Gasteiger partial charge is 0.262 e. The normalized spacial score (nSPS) is 10.2. The summed E-state index contributed by atoms with van der Waals surface area (Å²) >= 11 is 3.38. The van der Waals surface area contributed by atoms with Gasteiger partial charge in [-0.2, -0.15) is 0 Å². The summed E-state index contributed by atoms with van der Waals surface area (Å²) in [6, 6.07) is 14.7. The molecule has 2 aromatic carbocycles. The number of hydrogen-bond acceptors (Lipinski definition) is 3. The molecule has 0 unspecified atom stereocenters. The molecule has 0 heterocycles. The summed E-state index contributed by atoms with van der Waals surface area (Å²) < 4.78 is 11.9. The van der Waals surface area contributed by atoms with Crippen LogP contribution in [0.2, 0.25) is 0 Å². The third kappa shape index (κ3) is 5.94. The molecule has 0 saturated heterocycles. The Labute approximate surface area is 144 Å². The van der Waals surface area contributed by atoms with E-state index >= 15 is 0 Å². The first-order valence-corrected chi connectivity index (χ1v) is 8.38. The lowest BCUT2D eigenvalue weighted by Crippen LogP contribution is -2.20. The zero-order valence-corrected chi connectivity index (χ0v) is 14.6. The molecule has 1 N–H and O–H groups in total. The van der Waals surface area contributed by atoms with Gasteiger partial charge in [0.2, 0.25) is 0 Å². The van der Waals surface area contributed by atoms with Crippen LogP contribution in [0.5, 0.6) is 11.5 Å². The SMILES string of the molecule is CCCCOc1ccc(NC(=O)COc2ccccc2Br)cc1. The van der Waals surface area contributed by atoms with Gasteiger partial charge in [0.25, 0.3) is 5.91 Å². The van der Waals surface area contributed by atoms with Gasteiger partial charge in [-0.1, -0.05) is 25.5 Å². The number of benzene rings is 2. The largest absolute Gasteiger partial charge is 0.494 e. The molecule has 23 heavy (non-hydrogen) atoms. The zero-order chi connectivity index (χ0) is 16.5. The average Bonchev–Trinajstić information content (AvgIpc) is 2.56. The molecule has 2 aromatic rings. The molecule has 0 aromatic heterocycles. The molecule has 0 spiro atoms. The highest BCUT2D eigenvalue weighted by atomic mass is 79.9. The molecule has 122 valence electrons. The van der Waals surface area contributed by atoms with Crippen molar-refractivity contribution >= 4 is 27.5 Å². The first-order valence-electron chi connectivity index (χ1n) is 7.59. The van der Waals surface area contributed by atoms with Crippen molar-refractivity contribution in [2.75, 3.05) is 18.5 Å². The van der Waals surface area contributed by atoms with Crippen molar-refractivity contribution in [2.45, 2.75) is 19.8 Å². The van der Waals surface area contributed by atoms with Gasteiger partial charge in [-0.25, -0.2) is 0 Å². The summed E-state index contributed by atoms with van der Waals surface area (Å²) in [6.07, 6.45) is 2.14. The second-order valence-electron chi connectivity index (χ2n) is 4.99. The standard InChI is InChI=1S/C18H20BrNO3/c1-2-3-12-22-15-10-8-14(9-11-15)20-18(21)13-23-17-7-5-4-6-16(17)19/h4-11H,2-3,12-13H2,1H3,(H,20,21). The van der Waals surface area contributed by atoms with E-state index in [9.17, 15) is 4.79 Å². The van der Waals surface area contributed by atoms with Gasteiger partial charge in [-0.05, 0) is 58.7 Å². The Kier molecular flexibility index (Phi) is 6.94. The fourth-order valence-corrected chi connectivity index (χ4v) is 2.27. The topological polar surface area (TPSA) is 47.6 Å². The van der Waals surface area contributed by atoms with Gasteiger partial charge in [-0.15, -0.1) is 0 Å². The van der Waals surface area contributed by atoms with E-state index in [1.807, 2.05) is 42.5 Å². The van der Waals surface area contributed by atoms with E-state index in [1.165, 1.54) is 0 Å². The molecule has 0 saturated carbocycles. The number of nitrogens with one attached hydrogen (secondary N) is 1. The summed E-state index contributed by atoms with van der Waals surface area (Å²) in [7, 11) is 0. The zero-order valence-electron chi connectivity index (χ0n) is 13.0. The molecule has 0 aliphatic carbocycles. The van der Waals surface area contributed by atoms with Gasteiger partial charge in [0.05, 0.1) is 11.1 Å². The lowest BCUT2D eigenvalue weighted by Gasteiger charge is -2.10. The van der Waals surface area contributed by atoms with Gasteiger partial charge >= 0.3 is 0 Å². The van der Waals surface area contributed by atoms with Crippen LogP contribution in [-0.4, -0.2) is 19.1 Å². The molecule has 0 atom stereocenters. The maximum Gasteiger partial charge on any atom is 0.262 e. The van der Waals surface area contributed by atoms with Gasteiger partial charge in [0.1, 0.15) is 11.5 Å². The molecular weight excluding hydrogens is 358 g/mol. The number of hydrogen-bond donors (Lipinski definition) is 1. The Morgan fingerprint density at radius 2 is 1.83 bits per heavy atom. The van der Waals surface area contributed by atoms with Crippen LogP contribution in [0.25, 0.3) is 0 Å². The quantitative estimate of drug-likeness (QED) is 0.681. The Balaban J connectivity index is 1.80. The summed E-state index contributed by atoms with van der Waals surface area (Å²) in [4.78, 5) is 11.9. The van der Waals surface area contributed by atoms with Crippen LogP contribution in [0.4, 0.5) is 5.69 Å². The number of ether oxygens (including phenoxy) is 2. The predicted molar refractivity (Wildman–Crippen MR) is 95.1 cm³/mol. The molecular formula is C18H20BrNO3.